The van der Waals surface area contributed by atoms with Gasteiger partial charge in [-0.05, 0) is 57.3 Å². The molecule has 16 heavy (non-hydrogen) atoms. The summed E-state index contributed by atoms with van der Waals surface area (Å²) < 4.78 is 0. The maximum absolute atomic E-state index is 5.97. The van der Waals surface area contributed by atoms with Crippen LogP contribution in [0.5, 0.6) is 0 Å². The number of rotatable bonds is 3. The molecule has 0 radical (unpaired) electrons. The maximum atomic E-state index is 5.97. The second-order valence-electron chi connectivity index (χ2n) is 5.23. The van der Waals surface area contributed by atoms with Crippen LogP contribution >= 0.6 is 0 Å². The van der Waals surface area contributed by atoms with Crippen LogP contribution in [0, 0.1) is 5.92 Å². The Kier molecular flexibility index (Phi) is 3.66. The molecule has 0 bridgehead atoms. The lowest BCUT2D eigenvalue weighted by molar-refractivity contribution is 0.164. The summed E-state index contributed by atoms with van der Waals surface area (Å²) >= 11 is 0. The molecule has 1 atom stereocenters. The van der Waals surface area contributed by atoms with Gasteiger partial charge in [0.15, 0.2) is 0 Å². The molecule has 0 aromatic carbocycles. The third kappa shape index (κ3) is 2.47. The van der Waals surface area contributed by atoms with Crippen molar-refractivity contribution in [1.29, 1.82) is 0 Å². The van der Waals surface area contributed by atoms with Gasteiger partial charge in [-0.25, -0.2) is 0 Å². The number of hydrogen-bond acceptors (Lipinski definition) is 2. The zero-order chi connectivity index (χ0) is 11.5. The smallest absolute Gasteiger partial charge is 0.0385 e. The van der Waals surface area contributed by atoms with Gasteiger partial charge in [0.05, 0.1) is 0 Å². The molecule has 3 nitrogen and oxygen atoms in total. The third-order valence-electron chi connectivity index (χ3n) is 3.78. The Bertz CT molecular complexity index is 297. The highest BCUT2D eigenvalue weighted by atomic mass is 15.1. The van der Waals surface area contributed by atoms with Crippen molar-refractivity contribution in [3.8, 4) is 0 Å². The summed E-state index contributed by atoms with van der Waals surface area (Å²) in [5.74, 6) is 0.755. The summed E-state index contributed by atoms with van der Waals surface area (Å²) in [5, 5.41) is 0. The van der Waals surface area contributed by atoms with Crippen molar-refractivity contribution in [2.24, 2.45) is 11.7 Å². The number of nitrogens with zero attached hydrogens (tertiary/aromatic N) is 1. The number of nitrogens with two attached hydrogens (primary N) is 1. The van der Waals surface area contributed by atoms with Crippen LogP contribution in [-0.4, -0.2) is 30.0 Å². The van der Waals surface area contributed by atoms with Crippen LogP contribution in [0.3, 0.4) is 0 Å². The Morgan fingerprint density at radius 2 is 2.00 bits per heavy atom. The van der Waals surface area contributed by atoms with Crippen molar-refractivity contribution >= 4 is 0 Å². The minimum atomic E-state index is 0.435. The molecule has 1 saturated carbocycles. The van der Waals surface area contributed by atoms with E-state index in [1.165, 1.54) is 31.2 Å². The van der Waals surface area contributed by atoms with E-state index in [2.05, 4.69) is 36.2 Å². The minimum Gasteiger partial charge on any atom is -0.367 e. The molecule has 1 aromatic rings. The molecule has 1 heterocycles. The zero-order valence-corrected chi connectivity index (χ0v) is 10.3. The second-order valence-corrected chi connectivity index (χ2v) is 5.23. The van der Waals surface area contributed by atoms with Gasteiger partial charge in [0.1, 0.15) is 0 Å². The van der Waals surface area contributed by atoms with Crippen LogP contribution in [0.4, 0.5) is 0 Å². The van der Waals surface area contributed by atoms with Crippen molar-refractivity contribution in [1.82, 2.24) is 9.88 Å². The van der Waals surface area contributed by atoms with Crippen molar-refractivity contribution in [2.45, 2.75) is 37.8 Å². The van der Waals surface area contributed by atoms with E-state index in [0.29, 0.717) is 12.1 Å². The molecule has 1 aliphatic carbocycles. The summed E-state index contributed by atoms with van der Waals surface area (Å²) in [5.41, 5.74) is 7.38. The van der Waals surface area contributed by atoms with Gasteiger partial charge in [0.2, 0.25) is 0 Å². The SMILES string of the molecule is CN(C)C(c1cc[nH]c1)C1CCC(N)CC1. The van der Waals surface area contributed by atoms with Crippen LogP contribution in [0.2, 0.25) is 0 Å². The molecule has 1 unspecified atom stereocenters. The highest BCUT2D eigenvalue weighted by Crippen LogP contribution is 2.36. The first-order chi connectivity index (χ1) is 7.68. The Morgan fingerprint density at radius 3 is 2.50 bits per heavy atom. The molecule has 1 fully saturated rings. The summed E-state index contributed by atoms with van der Waals surface area (Å²) in [6, 6.07) is 3.17. The maximum Gasteiger partial charge on any atom is 0.0385 e. The number of H-pyrrole nitrogens is 1. The third-order valence-corrected chi connectivity index (χ3v) is 3.78. The van der Waals surface area contributed by atoms with Gasteiger partial charge in [-0.15, -0.1) is 0 Å². The van der Waals surface area contributed by atoms with E-state index >= 15 is 0 Å². The highest BCUT2D eigenvalue weighted by Gasteiger charge is 2.28. The average molecular weight is 221 g/mol. The van der Waals surface area contributed by atoms with E-state index < -0.39 is 0 Å². The van der Waals surface area contributed by atoms with Gasteiger partial charge >= 0.3 is 0 Å². The second kappa shape index (κ2) is 5.02. The lowest BCUT2D eigenvalue weighted by Gasteiger charge is -2.36. The van der Waals surface area contributed by atoms with E-state index in [1.807, 2.05) is 6.20 Å². The van der Waals surface area contributed by atoms with Gasteiger partial charge in [0.25, 0.3) is 0 Å². The molecular weight excluding hydrogens is 198 g/mol. The van der Waals surface area contributed by atoms with E-state index in [-0.39, 0.29) is 0 Å². The normalized spacial score (nSPS) is 28.2. The molecule has 0 amide bonds. The van der Waals surface area contributed by atoms with Crippen molar-refractivity contribution < 1.29 is 0 Å². The predicted molar refractivity (Wildman–Crippen MR) is 67.2 cm³/mol. The van der Waals surface area contributed by atoms with Gasteiger partial charge in [-0.3, -0.25) is 0 Å². The minimum absolute atomic E-state index is 0.435. The molecule has 3 heteroatoms. The largest absolute Gasteiger partial charge is 0.367 e. The number of nitrogens with one attached hydrogen (secondary N) is 1. The average Bonchev–Trinajstić information content (AvgIpc) is 2.74. The molecule has 0 spiro atoms. The van der Waals surface area contributed by atoms with Crippen molar-refractivity contribution in [3.63, 3.8) is 0 Å². The number of hydrogen-bond donors (Lipinski definition) is 2. The summed E-state index contributed by atoms with van der Waals surface area (Å²) in [6.45, 7) is 0. The lowest BCUT2D eigenvalue weighted by Crippen LogP contribution is -2.33. The highest BCUT2D eigenvalue weighted by molar-refractivity contribution is 5.15. The van der Waals surface area contributed by atoms with E-state index in [0.717, 1.165) is 5.92 Å². The Hall–Kier alpha value is -0.800. The Morgan fingerprint density at radius 1 is 1.31 bits per heavy atom. The van der Waals surface area contributed by atoms with Gasteiger partial charge in [-0.1, -0.05) is 0 Å². The fourth-order valence-corrected chi connectivity index (χ4v) is 2.97. The summed E-state index contributed by atoms with van der Waals surface area (Å²) in [4.78, 5) is 5.50. The van der Waals surface area contributed by atoms with Crippen LogP contribution in [0.15, 0.2) is 18.5 Å². The topological polar surface area (TPSA) is 45.0 Å². The number of aromatic amines is 1. The molecule has 0 aliphatic heterocycles. The van der Waals surface area contributed by atoms with Gasteiger partial charge in [0, 0.05) is 24.5 Å². The monoisotopic (exact) mass is 221 g/mol. The fourth-order valence-electron chi connectivity index (χ4n) is 2.97. The first kappa shape index (κ1) is 11.7. The molecule has 3 N–H and O–H groups in total. The Balaban J connectivity index is 2.08. The molecular formula is C13H23N3. The first-order valence-electron chi connectivity index (χ1n) is 6.23. The standard InChI is InChI=1S/C13H23N3/c1-16(2)13(11-7-8-15-9-11)10-3-5-12(14)6-4-10/h7-10,12-13,15H,3-6,14H2,1-2H3. The number of aromatic nitrogens is 1. The lowest BCUT2D eigenvalue weighted by atomic mass is 9.79. The van der Waals surface area contributed by atoms with Crippen molar-refractivity contribution in [3.05, 3.63) is 24.0 Å². The van der Waals surface area contributed by atoms with Gasteiger partial charge < -0.3 is 15.6 Å². The van der Waals surface area contributed by atoms with E-state index in [9.17, 15) is 0 Å². The van der Waals surface area contributed by atoms with E-state index in [4.69, 9.17) is 5.73 Å². The Labute approximate surface area is 98.0 Å². The molecule has 2 rings (SSSR count). The fraction of sp³-hybridized carbons (Fsp3) is 0.692. The summed E-state index contributed by atoms with van der Waals surface area (Å²) in [7, 11) is 4.35. The first-order valence-corrected chi connectivity index (χ1v) is 6.23. The zero-order valence-electron chi connectivity index (χ0n) is 10.3. The van der Waals surface area contributed by atoms with Crippen LogP contribution < -0.4 is 5.73 Å². The van der Waals surface area contributed by atoms with E-state index in [1.54, 1.807) is 0 Å². The van der Waals surface area contributed by atoms with Crippen LogP contribution in [0.1, 0.15) is 37.3 Å². The van der Waals surface area contributed by atoms with Crippen LogP contribution in [-0.2, 0) is 0 Å². The van der Waals surface area contributed by atoms with Crippen LogP contribution in [0.25, 0.3) is 0 Å². The molecule has 1 aliphatic rings. The van der Waals surface area contributed by atoms with Gasteiger partial charge in [-0.2, -0.15) is 0 Å². The molecule has 0 saturated heterocycles. The van der Waals surface area contributed by atoms with Crippen molar-refractivity contribution in [2.75, 3.05) is 14.1 Å². The predicted octanol–water partition coefficient (Wildman–Crippen LogP) is 2.13. The quantitative estimate of drug-likeness (QED) is 0.821. The molecule has 90 valence electrons. The molecule has 1 aromatic heterocycles. The summed E-state index contributed by atoms with van der Waals surface area (Å²) in [6.07, 6.45) is 9.02.